The van der Waals surface area contributed by atoms with E-state index in [1.807, 2.05) is 6.92 Å². The number of fused-ring (bicyclic) bond motifs is 1. The number of nitrogens with zero attached hydrogens (tertiary/aromatic N) is 2. The Morgan fingerprint density at radius 1 is 1.16 bits per heavy atom. The largest absolute Gasteiger partial charge is 0.481 e. The Kier molecular flexibility index (Phi) is 5.39. The van der Waals surface area contributed by atoms with Crippen molar-refractivity contribution in [2.24, 2.45) is 0 Å². The molecule has 1 aromatic carbocycles. The second-order valence-electron chi connectivity index (χ2n) is 6.00. The van der Waals surface area contributed by atoms with Gasteiger partial charge >= 0.3 is 5.97 Å². The predicted octanol–water partition coefficient (Wildman–Crippen LogP) is 5.24. The molecule has 0 radical (unpaired) electrons. The summed E-state index contributed by atoms with van der Waals surface area (Å²) in [6, 6.07) is 8.52. The molecular formula is C19H20N2O2S2. The molecule has 1 N–H and O–H groups in total. The van der Waals surface area contributed by atoms with Crippen molar-refractivity contribution in [3.8, 4) is 11.1 Å². The molecule has 0 aliphatic heterocycles. The predicted molar refractivity (Wildman–Crippen MR) is 105 cm³/mol. The fourth-order valence-electron chi connectivity index (χ4n) is 2.75. The molecule has 25 heavy (non-hydrogen) atoms. The van der Waals surface area contributed by atoms with Crippen LogP contribution in [-0.4, -0.2) is 26.8 Å². The Labute approximate surface area is 155 Å². The fraction of sp³-hybridized carbons (Fsp3) is 0.316. The minimum absolute atomic E-state index is 0.188. The van der Waals surface area contributed by atoms with Gasteiger partial charge in [0.05, 0.1) is 5.39 Å². The average Bonchev–Trinajstić information content (AvgIpc) is 2.88. The zero-order valence-corrected chi connectivity index (χ0v) is 16.1. The Balaban J connectivity index is 2.03. The van der Waals surface area contributed by atoms with Crippen LogP contribution in [-0.2, 0) is 4.79 Å². The highest BCUT2D eigenvalue weighted by molar-refractivity contribution is 7.99. The highest BCUT2D eigenvalue weighted by Gasteiger charge is 2.18. The van der Waals surface area contributed by atoms with E-state index in [4.69, 9.17) is 5.11 Å². The maximum Gasteiger partial charge on any atom is 0.303 e. The van der Waals surface area contributed by atoms with E-state index >= 15 is 0 Å². The van der Waals surface area contributed by atoms with Crippen LogP contribution in [0.15, 0.2) is 29.3 Å². The average molecular weight is 373 g/mol. The van der Waals surface area contributed by atoms with E-state index in [0.717, 1.165) is 26.8 Å². The molecule has 0 saturated carbocycles. The minimum atomic E-state index is -0.753. The Bertz CT molecular complexity index is 917. The number of carboxylic acids is 1. The molecule has 4 nitrogen and oxygen atoms in total. The molecule has 0 fully saturated rings. The summed E-state index contributed by atoms with van der Waals surface area (Å²) in [5.74, 6) is 0.737. The molecule has 0 saturated heterocycles. The summed E-state index contributed by atoms with van der Waals surface area (Å²) in [7, 11) is 0. The Hall–Kier alpha value is -1.92. The first-order chi connectivity index (χ1) is 12.0. The van der Waals surface area contributed by atoms with Crippen LogP contribution in [0, 0.1) is 20.8 Å². The maximum absolute atomic E-state index is 10.7. The van der Waals surface area contributed by atoms with Crippen molar-refractivity contribution < 1.29 is 9.90 Å². The number of thiophene rings is 1. The number of thioether (sulfide) groups is 1. The van der Waals surface area contributed by atoms with Gasteiger partial charge in [0.15, 0.2) is 0 Å². The maximum atomic E-state index is 10.7. The smallest absolute Gasteiger partial charge is 0.303 e. The number of aromatic nitrogens is 2. The van der Waals surface area contributed by atoms with Crippen LogP contribution in [0.4, 0.5) is 0 Å². The monoisotopic (exact) mass is 372 g/mol. The van der Waals surface area contributed by atoms with Crippen LogP contribution < -0.4 is 0 Å². The lowest BCUT2D eigenvalue weighted by Gasteiger charge is -2.07. The summed E-state index contributed by atoms with van der Waals surface area (Å²) in [4.78, 5) is 22.2. The molecule has 6 heteroatoms. The second kappa shape index (κ2) is 7.54. The van der Waals surface area contributed by atoms with E-state index in [9.17, 15) is 4.79 Å². The van der Waals surface area contributed by atoms with E-state index < -0.39 is 5.97 Å². The third-order valence-corrected chi connectivity index (χ3v) is 5.98. The normalized spacial score (nSPS) is 11.2. The molecule has 0 spiro atoms. The molecular weight excluding hydrogens is 352 g/mol. The fourth-order valence-corrected chi connectivity index (χ4v) is 4.92. The minimum Gasteiger partial charge on any atom is -0.481 e. The standard InChI is InChI=1S/C19H20N2O2S2/c1-11-6-8-14(9-7-11)16-12(2)25-19-17(16)18(20-13(3)21-19)24-10-4-5-15(22)23/h6-9H,4-5,10H2,1-3H3,(H,22,23). The lowest BCUT2D eigenvalue weighted by atomic mass is 10.0. The summed E-state index contributed by atoms with van der Waals surface area (Å²) >= 11 is 3.32. The van der Waals surface area contributed by atoms with Gasteiger partial charge in [0.1, 0.15) is 15.7 Å². The van der Waals surface area contributed by atoms with Gasteiger partial charge in [0.2, 0.25) is 0 Å². The molecule has 2 heterocycles. The molecule has 3 aromatic rings. The van der Waals surface area contributed by atoms with Crippen molar-refractivity contribution >= 4 is 39.3 Å². The van der Waals surface area contributed by atoms with Crippen LogP contribution in [0.1, 0.15) is 29.1 Å². The van der Waals surface area contributed by atoms with Gasteiger partial charge in [-0.1, -0.05) is 29.8 Å². The van der Waals surface area contributed by atoms with Gasteiger partial charge in [-0.15, -0.1) is 23.1 Å². The number of hydrogen-bond donors (Lipinski definition) is 1. The van der Waals surface area contributed by atoms with Gasteiger partial charge in [-0.05, 0) is 32.8 Å². The van der Waals surface area contributed by atoms with Gasteiger partial charge < -0.3 is 5.11 Å². The SMILES string of the molecule is Cc1ccc(-c2c(C)sc3nc(C)nc(SCCCC(=O)O)c23)cc1. The first-order valence-corrected chi connectivity index (χ1v) is 9.95. The molecule has 0 aliphatic rings. The van der Waals surface area contributed by atoms with Crippen LogP contribution >= 0.6 is 23.1 Å². The summed E-state index contributed by atoms with van der Waals surface area (Å²) in [6.07, 6.45) is 0.821. The molecule has 130 valence electrons. The van der Waals surface area contributed by atoms with Crippen molar-refractivity contribution in [2.75, 3.05) is 5.75 Å². The second-order valence-corrected chi connectivity index (χ2v) is 8.29. The van der Waals surface area contributed by atoms with E-state index in [2.05, 4.69) is 48.1 Å². The van der Waals surface area contributed by atoms with E-state index in [-0.39, 0.29) is 6.42 Å². The van der Waals surface area contributed by atoms with Crippen LogP contribution in [0.2, 0.25) is 0 Å². The molecule has 0 atom stereocenters. The third-order valence-electron chi connectivity index (χ3n) is 3.92. The third kappa shape index (κ3) is 4.02. The summed E-state index contributed by atoms with van der Waals surface area (Å²) < 4.78 is 0. The van der Waals surface area contributed by atoms with Gasteiger partial charge in [-0.2, -0.15) is 0 Å². The highest BCUT2D eigenvalue weighted by atomic mass is 32.2. The number of aliphatic carboxylic acids is 1. The molecule has 0 aliphatic carbocycles. The quantitative estimate of drug-likeness (QED) is 0.364. The van der Waals surface area contributed by atoms with E-state index in [0.29, 0.717) is 6.42 Å². The van der Waals surface area contributed by atoms with E-state index in [1.165, 1.54) is 21.6 Å². The molecule has 0 unspecified atom stereocenters. The topological polar surface area (TPSA) is 63.1 Å². The van der Waals surface area contributed by atoms with Gasteiger partial charge in [-0.3, -0.25) is 4.79 Å². The van der Waals surface area contributed by atoms with Crippen molar-refractivity contribution in [2.45, 2.75) is 38.6 Å². The summed E-state index contributed by atoms with van der Waals surface area (Å²) in [5, 5.41) is 10.9. The van der Waals surface area contributed by atoms with Gasteiger partial charge in [-0.25, -0.2) is 9.97 Å². The molecule has 2 aromatic heterocycles. The van der Waals surface area contributed by atoms with Crippen molar-refractivity contribution in [1.29, 1.82) is 0 Å². The number of hydrogen-bond acceptors (Lipinski definition) is 5. The lowest BCUT2D eigenvalue weighted by Crippen LogP contribution is -1.96. The first-order valence-electron chi connectivity index (χ1n) is 8.15. The zero-order chi connectivity index (χ0) is 18.0. The van der Waals surface area contributed by atoms with Gasteiger partial charge in [0, 0.05) is 22.6 Å². The highest BCUT2D eigenvalue weighted by Crippen LogP contribution is 2.41. The molecule has 0 amide bonds. The van der Waals surface area contributed by atoms with Gasteiger partial charge in [0.25, 0.3) is 0 Å². The Morgan fingerprint density at radius 2 is 1.88 bits per heavy atom. The number of rotatable bonds is 6. The number of carboxylic acid groups (broad SMARTS) is 1. The number of aryl methyl sites for hydroxylation is 3. The summed E-state index contributed by atoms with van der Waals surface area (Å²) in [5.41, 5.74) is 3.60. The van der Waals surface area contributed by atoms with Crippen LogP contribution in [0.5, 0.6) is 0 Å². The number of carbonyl (C=O) groups is 1. The summed E-state index contributed by atoms with van der Waals surface area (Å²) in [6.45, 7) is 6.11. The number of benzene rings is 1. The molecule has 0 bridgehead atoms. The van der Waals surface area contributed by atoms with E-state index in [1.54, 1.807) is 23.1 Å². The van der Waals surface area contributed by atoms with Crippen molar-refractivity contribution in [1.82, 2.24) is 9.97 Å². The van der Waals surface area contributed by atoms with Crippen LogP contribution in [0.3, 0.4) is 0 Å². The van der Waals surface area contributed by atoms with Crippen molar-refractivity contribution in [3.05, 3.63) is 40.5 Å². The first kappa shape index (κ1) is 17.9. The molecule has 3 rings (SSSR count). The van der Waals surface area contributed by atoms with Crippen LogP contribution in [0.25, 0.3) is 21.3 Å². The van der Waals surface area contributed by atoms with Crippen molar-refractivity contribution in [3.63, 3.8) is 0 Å². The lowest BCUT2D eigenvalue weighted by molar-refractivity contribution is -0.137. The Morgan fingerprint density at radius 3 is 2.56 bits per heavy atom. The zero-order valence-electron chi connectivity index (χ0n) is 14.5.